The zero-order valence-corrected chi connectivity index (χ0v) is 14.9. The molecule has 8 heteroatoms. The topological polar surface area (TPSA) is 110 Å². The van der Waals surface area contributed by atoms with Gasteiger partial charge < -0.3 is 14.6 Å². The number of nitrogens with one attached hydrogen (secondary N) is 1. The molecule has 0 saturated carbocycles. The number of nitro groups is 1. The fourth-order valence-corrected chi connectivity index (χ4v) is 2.39. The number of carbonyl (C=O) groups is 1. The fourth-order valence-electron chi connectivity index (χ4n) is 2.39. The van der Waals surface area contributed by atoms with Gasteiger partial charge >= 0.3 is 0 Å². The number of benzene rings is 1. The SMILES string of the molecule is CCOCCCNC(=O)/C(C#N)=C/c1cccn1-c1ccc([N+](=O)[O-])cc1. The molecular weight excluding hydrogens is 348 g/mol. The van der Waals surface area contributed by atoms with Crippen molar-refractivity contribution in [3.05, 3.63) is 64.0 Å². The largest absolute Gasteiger partial charge is 0.382 e. The Morgan fingerprint density at radius 1 is 1.37 bits per heavy atom. The van der Waals surface area contributed by atoms with Gasteiger partial charge in [0.2, 0.25) is 0 Å². The lowest BCUT2D eigenvalue weighted by Crippen LogP contribution is -2.26. The van der Waals surface area contributed by atoms with E-state index in [1.807, 2.05) is 13.0 Å². The quantitative estimate of drug-likeness (QED) is 0.241. The summed E-state index contributed by atoms with van der Waals surface area (Å²) < 4.78 is 6.94. The average molecular weight is 368 g/mol. The molecule has 0 aliphatic rings. The molecule has 0 aliphatic heterocycles. The highest BCUT2D eigenvalue weighted by Crippen LogP contribution is 2.19. The molecule has 1 N–H and O–H groups in total. The maximum absolute atomic E-state index is 12.2. The van der Waals surface area contributed by atoms with E-state index in [9.17, 15) is 20.2 Å². The van der Waals surface area contributed by atoms with Gasteiger partial charge in [-0.15, -0.1) is 0 Å². The third kappa shape index (κ3) is 5.52. The van der Waals surface area contributed by atoms with Crippen LogP contribution in [-0.4, -0.2) is 35.2 Å². The molecule has 1 aromatic heterocycles. The van der Waals surface area contributed by atoms with Crippen LogP contribution in [0.2, 0.25) is 0 Å². The average Bonchev–Trinajstić information content (AvgIpc) is 3.14. The number of nitrogens with zero attached hydrogens (tertiary/aromatic N) is 3. The van der Waals surface area contributed by atoms with Crippen LogP contribution < -0.4 is 5.32 Å². The zero-order valence-electron chi connectivity index (χ0n) is 14.9. The number of ether oxygens (including phenoxy) is 1. The Bertz CT molecular complexity index is 863. The van der Waals surface area contributed by atoms with Crippen LogP contribution in [0.5, 0.6) is 0 Å². The number of aromatic nitrogens is 1. The number of amides is 1. The number of hydrogen-bond donors (Lipinski definition) is 1. The van der Waals surface area contributed by atoms with Gasteiger partial charge in [-0.3, -0.25) is 14.9 Å². The molecule has 0 atom stereocenters. The number of rotatable bonds is 9. The Morgan fingerprint density at radius 2 is 2.11 bits per heavy atom. The molecule has 1 aromatic carbocycles. The molecule has 0 bridgehead atoms. The van der Waals surface area contributed by atoms with E-state index in [0.717, 1.165) is 0 Å². The third-order valence-corrected chi connectivity index (χ3v) is 3.73. The Morgan fingerprint density at radius 3 is 2.74 bits per heavy atom. The summed E-state index contributed by atoms with van der Waals surface area (Å²) in [6.07, 6.45) is 3.90. The minimum atomic E-state index is -0.468. The Labute approximate surface area is 156 Å². The van der Waals surface area contributed by atoms with Crippen molar-refractivity contribution in [2.45, 2.75) is 13.3 Å². The smallest absolute Gasteiger partial charge is 0.269 e. The molecule has 1 amide bonds. The molecule has 0 saturated heterocycles. The monoisotopic (exact) mass is 368 g/mol. The van der Waals surface area contributed by atoms with Gasteiger partial charge in [-0.25, -0.2) is 0 Å². The Kier molecular flexibility index (Phi) is 7.28. The van der Waals surface area contributed by atoms with Crippen molar-refractivity contribution in [2.75, 3.05) is 19.8 Å². The van der Waals surface area contributed by atoms with Gasteiger partial charge in [-0.05, 0) is 43.7 Å². The van der Waals surface area contributed by atoms with Gasteiger partial charge in [-0.2, -0.15) is 5.26 Å². The predicted octanol–water partition coefficient (Wildman–Crippen LogP) is 2.84. The van der Waals surface area contributed by atoms with Gasteiger partial charge in [-0.1, -0.05) is 0 Å². The summed E-state index contributed by atoms with van der Waals surface area (Å²) in [5.74, 6) is -0.453. The van der Waals surface area contributed by atoms with Crippen molar-refractivity contribution in [3.63, 3.8) is 0 Å². The van der Waals surface area contributed by atoms with Crippen LogP contribution in [0.15, 0.2) is 48.2 Å². The van der Waals surface area contributed by atoms with Crippen molar-refractivity contribution in [3.8, 4) is 11.8 Å². The van der Waals surface area contributed by atoms with E-state index in [2.05, 4.69) is 5.32 Å². The molecule has 0 aliphatic carbocycles. The summed E-state index contributed by atoms with van der Waals surface area (Å²) in [7, 11) is 0. The third-order valence-electron chi connectivity index (χ3n) is 3.73. The van der Waals surface area contributed by atoms with Crippen LogP contribution >= 0.6 is 0 Å². The molecule has 8 nitrogen and oxygen atoms in total. The van der Waals surface area contributed by atoms with E-state index in [1.165, 1.54) is 18.2 Å². The highest BCUT2D eigenvalue weighted by atomic mass is 16.6. The summed E-state index contributed by atoms with van der Waals surface area (Å²) in [6, 6.07) is 11.4. The van der Waals surface area contributed by atoms with Crippen molar-refractivity contribution in [1.82, 2.24) is 9.88 Å². The molecule has 2 aromatic rings. The van der Waals surface area contributed by atoms with Crippen LogP contribution in [-0.2, 0) is 9.53 Å². The molecule has 0 fully saturated rings. The van der Waals surface area contributed by atoms with Gasteiger partial charge in [0.05, 0.1) is 4.92 Å². The van der Waals surface area contributed by atoms with Crippen LogP contribution in [0.1, 0.15) is 19.0 Å². The van der Waals surface area contributed by atoms with E-state index < -0.39 is 10.8 Å². The lowest BCUT2D eigenvalue weighted by atomic mass is 10.2. The van der Waals surface area contributed by atoms with E-state index in [1.54, 1.807) is 35.0 Å². The number of carbonyl (C=O) groups excluding carboxylic acids is 1. The number of nitriles is 1. The highest BCUT2D eigenvalue weighted by molar-refractivity contribution is 6.01. The van der Waals surface area contributed by atoms with Gasteiger partial charge in [0.15, 0.2) is 0 Å². The molecule has 2 rings (SSSR count). The first-order chi connectivity index (χ1) is 13.1. The normalized spacial score (nSPS) is 11.0. The van der Waals surface area contributed by atoms with Crippen molar-refractivity contribution in [2.24, 2.45) is 0 Å². The molecule has 0 unspecified atom stereocenters. The van der Waals surface area contributed by atoms with Crippen molar-refractivity contribution >= 4 is 17.7 Å². The van der Waals surface area contributed by atoms with E-state index in [4.69, 9.17) is 4.74 Å². The number of nitro benzene ring substituents is 1. The Balaban J connectivity index is 2.13. The summed E-state index contributed by atoms with van der Waals surface area (Å²) >= 11 is 0. The van der Waals surface area contributed by atoms with Crippen molar-refractivity contribution < 1.29 is 14.5 Å². The minimum absolute atomic E-state index is 0.00728. The van der Waals surface area contributed by atoms with Crippen LogP contribution in [0.25, 0.3) is 11.8 Å². The maximum atomic E-state index is 12.2. The first kappa shape index (κ1) is 19.9. The van der Waals surface area contributed by atoms with Crippen LogP contribution in [0.4, 0.5) is 5.69 Å². The first-order valence-corrected chi connectivity index (χ1v) is 8.46. The second-order valence-electron chi connectivity index (χ2n) is 5.55. The molecule has 1 heterocycles. The van der Waals surface area contributed by atoms with Crippen LogP contribution in [0, 0.1) is 21.4 Å². The first-order valence-electron chi connectivity index (χ1n) is 8.46. The second kappa shape index (κ2) is 9.89. The molecule has 140 valence electrons. The zero-order chi connectivity index (χ0) is 19.6. The van der Waals surface area contributed by atoms with Gasteiger partial charge in [0.25, 0.3) is 11.6 Å². The summed E-state index contributed by atoms with van der Waals surface area (Å²) in [5, 5.41) is 22.8. The lowest BCUT2D eigenvalue weighted by Gasteiger charge is -2.08. The second-order valence-corrected chi connectivity index (χ2v) is 5.55. The molecule has 27 heavy (non-hydrogen) atoms. The summed E-state index contributed by atoms with van der Waals surface area (Å²) in [4.78, 5) is 22.5. The molecule has 0 spiro atoms. The van der Waals surface area contributed by atoms with Crippen LogP contribution in [0.3, 0.4) is 0 Å². The fraction of sp³-hybridized carbons (Fsp3) is 0.263. The number of hydrogen-bond acceptors (Lipinski definition) is 5. The van der Waals surface area contributed by atoms with E-state index in [-0.39, 0.29) is 11.3 Å². The Hall–Kier alpha value is -3.44. The van der Waals surface area contributed by atoms with Gasteiger partial charge in [0, 0.05) is 49.5 Å². The summed E-state index contributed by atoms with van der Waals surface area (Å²) in [5.41, 5.74) is 1.27. The standard InChI is InChI=1S/C19H20N4O4/c1-2-27-12-4-10-21-19(24)15(14-20)13-18-5-3-11-22(18)16-6-8-17(9-7-16)23(25)26/h3,5-9,11,13H,2,4,10,12H2,1H3,(H,21,24)/b15-13+. The van der Waals surface area contributed by atoms with E-state index >= 15 is 0 Å². The summed E-state index contributed by atoms with van der Waals surface area (Å²) in [6.45, 7) is 3.48. The number of non-ortho nitro benzene ring substituents is 1. The molecular formula is C19H20N4O4. The van der Waals surface area contributed by atoms with Gasteiger partial charge in [0.1, 0.15) is 11.6 Å². The highest BCUT2D eigenvalue weighted by Gasteiger charge is 2.11. The predicted molar refractivity (Wildman–Crippen MR) is 100 cm³/mol. The maximum Gasteiger partial charge on any atom is 0.269 e. The molecule has 0 radical (unpaired) electrons. The lowest BCUT2D eigenvalue weighted by molar-refractivity contribution is -0.384. The van der Waals surface area contributed by atoms with Crippen molar-refractivity contribution in [1.29, 1.82) is 5.26 Å². The van der Waals surface area contributed by atoms with E-state index in [0.29, 0.717) is 37.6 Å². The minimum Gasteiger partial charge on any atom is -0.382 e.